The molecule has 0 atom stereocenters. The van der Waals surface area contributed by atoms with Crippen LogP contribution in [0.25, 0.3) is 0 Å². The van der Waals surface area contributed by atoms with Crippen LogP contribution in [0.15, 0.2) is 30.6 Å². The smallest absolute Gasteiger partial charge is 0.135 e. The third-order valence-electron chi connectivity index (χ3n) is 3.70. The standard InChI is InChI=1S/C16H19Cl2N5O/c17-12-1-2-13(18)14(9-12)22-16-10-15(20-11-21-16)19-3-4-23-5-7-24-8-6-23/h1-2,9-11H,3-8H2,(H2,19,20,21,22). The van der Waals surface area contributed by atoms with Gasteiger partial charge in [-0.3, -0.25) is 4.90 Å². The van der Waals surface area contributed by atoms with Crippen LogP contribution in [-0.2, 0) is 4.74 Å². The third-order valence-corrected chi connectivity index (χ3v) is 4.26. The van der Waals surface area contributed by atoms with Crippen molar-refractivity contribution >= 4 is 40.5 Å². The summed E-state index contributed by atoms with van der Waals surface area (Å²) in [6.45, 7) is 5.34. The molecule has 0 unspecified atom stereocenters. The minimum absolute atomic E-state index is 0.583. The summed E-state index contributed by atoms with van der Waals surface area (Å²) >= 11 is 12.2. The van der Waals surface area contributed by atoms with Crippen molar-refractivity contribution in [2.45, 2.75) is 0 Å². The summed E-state index contributed by atoms with van der Waals surface area (Å²) in [5.41, 5.74) is 0.710. The van der Waals surface area contributed by atoms with Gasteiger partial charge in [-0.1, -0.05) is 23.2 Å². The highest BCUT2D eigenvalue weighted by molar-refractivity contribution is 6.35. The van der Waals surface area contributed by atoms with E-state index in [-0.39, 0.29) is 0 Å². The Balaban J connectivity index is 1.56. The van der Waals surface area contributed by atoms with Crippen LogP contribution >= 0.6 is 23.2 Å². The molecule has 1 aromatic carbocycles. The van der Waals surface area contributed by atoms with Crippen molar-refractivity contribution in [2.75, 3.05) is 50.0 Å². The number of halogens is 2. The molecule has 0 amide bonds. The number of nitrogens with zero attached hydrogens (tertiary/aromatic N) is 3. The van der Waals surface area contributed by atoms with Crippen molar-refractivity contribution in [1.29, 1.82) is 0 Å². The van der Waals surface area contributed by atoms with Gasteiger partial charge in [0.25, 0.3) is 0 Å². The first-order valence-electron chi connectivity index (χ1n) is 7.79. The normalized spacial score (nSPS) is 15.2. The van der Waals surface area contributed by atoms with E-state index in [2.05, 4.69) is 25.5 Å². The molecule has 0 bridgehead atoms. The lowest BCUT2D eigenvalue weighted by Crippen LogP contribution is -2.39. The van der Waals surface area contributed by atoms with Gasteiger partial charge in [0.1, 0.15) is 18.0 Å². The minimum Gasteiger partial charge on any atom is -0.379 e. The number of nitrogens with one attached hydrogen (secondary N) is 2. The van der Waals surface area contributed by atoms with Gasteiger partial charge in [-0.05, 0) is 18.2 Å². The molecule has 24 heavy (non-hydrogen) atoms. The van der Waals surface area contributed by atoms with Gasteiger partial charge in [-0.2, -0.15) is 0 Å². The molecule has 1 saturated heterocycles. The van der Waals surface area contributed by atoms with Crippen LogP contribution in [0.5, 0.6) is 0 Å². The highest BCUT2D eigenvalue weighted by Crippen LogP contribution is 2.28. The molecule has 1 aromatic heterocycles. The topological polar surface area (TPSA) is 62.3 Å². The zero-order chi connectivity index (χ0) is 16.8. The second kappa shape index (κ2) is 8.48. The van der Waals surface area contributed by atoms with Crippen LogP contribution < -0.4 is 10.6 Å². The Hall–Kier alpha value is -1.60. The van der Waals surface area contributed by atoms with E-state index in [1.807, 2.05) is 6.07 Å². The van der Waals surface area contributed by atoms with Crippen LogP contribution in [0.2, 0.25) is 10.0 Å². The summed E-state index contributed by atoms with van der Waals surface area (Å²) in [4.78, 5) is 10.8. The molecule has 2 aromatic rings. The summed E-state index contributed by atoms with van der Waals surface area (Å²) in [6, 6.07) is 7.09. The summed E-state index contributed by atoms with van der Waals surface area (Å²) in [6.07, 6.45) is 1.51. The molecule has 8 heteroatoms. The monoisotopic (exact) mass is 367 g/mol. The zero-order valence-corrected chi connectivity index (χ0v) is 14.6. The molecule has 3 rings (SSSR count). The summed E-state index contributed by atoms with van der Waals surface area (Å²) in [7, 11) is 0. The molecule has 128 valence electrons. The first-order chi connectivity index (χ1) is 11.7. The average molecular weight is 368 g/mol. The molecule has 1 aliphatic rings. The van der Waals surface area contributed by atoms with E-state index >= 15 is 0 Å². The molecule has 1 fully saturated rings. The van der Waals surface area contributed by atoms with Gasteiger partial charge in [0.05, 0.1) is 23.9 Å². The average Bonchev–Trinajstić information content (AvgIpc) is 2.60. The van der Waals surface area contributed by atoms with Crippen molar-refractivity contribution < 1.29 is 4.74 Å². The molecule has 0 saturated carbocycles. The van der Waals surface area contributed by atoms with Crippen molar-refractivity contribution in [3.8, 4) is 0 Å². The number of morpholine rings is 1. The lowest BCUT2D eigenvalue weighted by molar-refractivity contribution is 0.0398. The van der Waals surface area contributed by atoms with E-state index in [0.717, 1.165) is 45.2 Å². The molecular weight excluding hydrogens is 349 g/mol. The first kappa shape index (κ1) is 17.2. The fraction of sp³-hybridized carbons (Fsp3) is 0.375. The number of aromatic nitrogens is 2. The Morgan fingerprint density at radius 2 is 1.88 bits per heavy atom. The maximum absolute atomic E-state index is 6.16. The van der Waals surface area contributed by atoms with Crippen molar-refractivity contribution in [3.05, 3.63) is 40.6 Å². The maximum atomic E-state index is 6.16. The van der Waals surface area contributed by atoms with Crippen LogP contribution in [0, 0.1) is 0 Å². The number of anilines is 3. The van der Waals surface area contributed by atoms with Crippen LogP contribution in [0.4, 0.5) is 17.3 Å². The Kier molecular flexibility index (Phi) is 6.09. The second-order valence-corrected chi connectivity index (χ2v) is 6.26. The molecule has 2 N–H and O–H groups in total. The molecule has 0 spiro atoms. The van der Waals surface area contributed by atoms with Crippen molar-refractivity contribution in [3.63, 3.8) is 0 Å². The SMILES string of the molecule is Clc1ccc(Cl)c(Nc2cc(NCCN3CCOCC3)ncn2)c1. The largest absolute Gasteiger partial charge is 0.379 e. The van der Waals surface area contributed by atoms with E-state index in [1.54, 1.807) is 18.2 Å². The molecule has 0 radical (unpaired) electrons. The van der Waals surface area contributed by atoms with Gasteiger partial charge in [-0.15, -0.1) is 0 Å². The fourth-order valence-electron chi connectivity index (χ4n) is 2.42. The van der Waals surface area contributed by atoms with E-state index in [1.165, 1.54) is 6.33 Å². The number of hydrogen-bond donors (Lipinski definition) is 2. The fourth-order valence-corrected chi connectivity index (χ4v) is 2.76. The van der Waals surface area contributed by atoms with Gasteiger partial charge in [0.15, 0.2) is 0 Å². The van der Waals surface area contributed by atoms with E-state index in [0.29, 0.717) is 21.6 Å². The predicted molar refractivity (Wildman–Crippen MR) is 97.5 cm³/mol. The molecule has 2 heterocycles. The highest BCUT2D eigenvalue weighted by atomic mass is 35.5. The van der Waals surface area contributed by atoms with Gasteiger partial charge in [0.2, 0.25) is 0 Å². The molecule has 0 aliphatic carbocycles. The number of hydrogen-bond acceptors (Lipinski definition) is 6. The lowest BCUT2D eigenvalue weighted by atomic mass is 10.3. The van der Waals surface area contributed by atoms with Crippen molar-refractivity contribution in [2.24, 2.45) is 0 Å². The van der Waals surface area contributed by atoms with Crippen molar-refractivity contribution in [1.82, 2.24) is 14.9 Å². The van der Waals surface area contributed by atoms with Gasteiger partial charge in [-0.25, -0.2) is 9.97 Å². The van der Waals surface area contributed by atoms with E-state index in [4.69, 9.17) is 27.9 Å². The second-order valence-electron chi connectivity index (χ2n) is 5.42. The molecule has 1 aliphatic heterocycles. The van der Waals surface area contributed by atoms with Gasteiger partial charge >= 0.3 is 0 Å². The Morgan fingerprint density at radius 1 is 1.08 bits per heavy atom. The van der Waals surface area contributed by atoms with E-state index < -0.39 is 0 Å². The Labute approximate surface area is 151 Å². The summed E-state index contributed by atoms with van der Waals surface area (Å²) < 4.78 is 5.34. The Bertz CT molecular complexity index is 679. The zero-order valence-electron chi connectivity index (χ0n) is 13.1. The minimum atomic E-state index is 0.583. The van der Waals surface area contributed by atoms with E-state index in [9.17, 15) is 0 Å². The molecule has 6 nitrogen and oxygen atoms in total. The quantitative estimate of drug-likeness (QED) is 0.816. The predicted octanol–water partition coefficient (Wildman–Crippen LogP) is 3.27. The van der Waals surface area contributed by atoms with Gasteiger partial charge in [0, 0.05) is 37.3 Å². The highest BCUT2D eigenvalue weighted by Gasteiger charge is 2.09. The number of benzene rings is 1. The first-order valence-corrected chi connectivity index (χ1v) is 8.54. The lowest BCUT2D eigenvalue weighted by Gasteiger charge is -2.26. The van der Waals surface area contributed by atoms with Gasteiger partial charge < -0.3 is 15.4 Å². The molecular formula is C16H19Cl2N5O. The summed E-state index contributed by atoms with van der Waals surface area (Å²) in [5.74, 6) is 1.42. The van der Waals surface area contributed by atoms with Crippen LogP contribution in [-0.4, -0.2) is 54.3 Å². The number of rotatable bonds is 6. The maximum Gasteiger partial charge on any atom is 0.135 e. The van der Waals surface area contributed by atoms with Crippen LogP contribution in [0.1, 0.15) is 0 Å². The Morgan fingerprint density at radius 3 is 2.71 bits per heavy atom. The number of ether oxygens (including phenoxy) is 1. The van der Waals surface area contributed by atoms with Crippen LogP contribution in [0.3, 0.4) is 0 Å². The summed E-state index contributed by atoms with van der Waals surface area (Å²) in [5, 5.41) is 7.66. The third kappa shape index (κ3) is 4.95.